The lowest BCUT2D eigenvalue weighted by Gasteiger charge is -2.15. The molecule has 55 heavy (non-hydrogen) atoms. The molecule has 260 valence electrons. The van der Waals surface area contributed by atoms with Crippen LogP contribution in [0.4, 0.5) is 0 Å². The van der Waals surface area contributed by atoms with Crippen LogP contribution >= 0.6 is 11.3 Å². The molecule has 0 bridgehead atoms. The topological polar surface area (TPSA) is 38.7 Å². The van der Waals surface area contributed by atoms with Gasteiger partial charge in [0, 0.05) is 42.8 Å². The monoisotopic (exact) mass is 721 g/mol. The zero-order chi connectivity index (χ0) is 36.6. The third-order valence-corrected chi connectivity index (χ3v) is 11.6. The van der Waals surface area contributed by atoms with Crippen LogP contribution in [0.15, 0.2) is 194 Å². The molecule has 10 rings (SSSR count). The molecule has 0 aliphatic heterocycles. The highest BCUT2D eigenvalue weighted by Crippen LogP contribution is 2.42. The van der Waals surface area contributed by atoms with Crippen molar-refractivity contribution in [2.45, 2.75) is 12.3 Å². The Hall–Kier alpha value is -6.75. The third-order valence-electron chi connectivity index (χ3n) is 10.5. The van der Waals surface area contributed by atoms with Gasteiger partial charge in [0.25, 0.3) is 0 Å². The van der Waals surface area contributed by atoms with Crippen LogP contribution in [0.3, 0.4) is 0 Å². The highest BCUT2D eigenvalue weighted by Gasteiger charge is 2.18. The quantitative estimate of drug-likeness (QED) is 0.164. The van der Waals surface area contributed by atoms with Crippen LogP contribution in [0.25, 0.3) is 87.7 Å². The smallest absolute Gasteiger partial charge is 0.164 e. The lowest BCUT2D eigenvalue weighted by atomic mass is 9.90. The lowest BCUT2D eigenvalue weighted by Crippen LogP contribution is -2.00. The Kier molecular flexibility index (Phi) is 8.51. The van der Waals surface area contributed by atoms with Crippen LogP contribution in [0.5, 0.6) is 0 Å². The van der Waals surface area contributed by atoms with Crippen molar-refractivity contribution in [1.29, 1.82) is 0 Å². The van der Waals surface area contributed by atoms with Crippen molar-refractivity contribution in [3.63, 3.8) is 0 Å². The van der Waals surface area contributed by atoms with E-state index in [0.717, 1.165) is 28.7 Å². The maximum absolute atomic E-state index is 5.21. The second-order valence-electron chi connectivity index (χ2n) is 14.0. The minimum absolute atomic E-state index is 0.404. The molecule has 0 saturated carbocycles. The van der Waals surface area contributed by atoms with E-state index >= 15 is 0 Å². The zero-order valence-electron chi connectivity index (χ0n) is 30.0. The molecule has 0 fully saturated rings. The molecule has 3 nitrogen and oxygen atoms in total. The van der Waals surface area contributed by atoms with Gasteiger partial charge in [0.05, 0.1) is 0 Å². The molecular weight excluding hydrogens is 687 g/mol. The molecule has 2 aromatic heterocycles. The number of benzene rings is 7. The fourth-order valence-electron chi connectivity index (χ4n) is 7.63. The van der Waals surface area contributed by atoms with Crippen LogP contribution in [-0.4, -0.2) is 15.0 Å². The van der Waals surface area contributed by atoms with Gasteiger partial charge in [-0.25, -0.2) is 15.0 Å². The molecule has 1 aliphatic rings. The average Bonchev–Trinajstić information content (AvgIpc) is 3.66. The summed E-state index contributed by atoms with van der Waals surface area (Å²) in [5.41, 5.74) is 11.4. The number of hydrogen-bond acceptors (Lipinski definition) is 4. The van der Waals surface area contributed by atoms with Gasteiger partial charge in [-0.3, -0.25) is 0 Å². The molecule has 7 aromatic carbocycles. The van der Waals surface area contributed by atoms with Crippen molar-refractivity contribution in [3.8, 4) is 67.5 Å². The van der Waals surface area contributed by atoms with Crippen LogP contribution < -0.4 is 0 Å². The summed E-state index contributed by atoms with van der Waals surface area (Å²) in [6, 6.07) is 60.3. The number of nitrogens with zero attached hydrogens (tertiary/aromatic N) is 3. The highest BCUT2D eigenvalue weighted by atomic mass is 32.1. The molecule has 0 spiro atoms. The van der Waals surface area contributed by atoms with Crippen LogP contribution in [0, 0.1) is 0 Å². The first kappa shape index (κ1) is 32.9. The number of fused-ring (bicyclic) bond motifs is 3. The van der Waals surface area contributed by atoms with E-state index < -0.39 is 0 Å². The summed E-state index contributed by atoms with van der Waals surface area (Å²) >= 11 is 1.81. The van der Waals surface area contributed by atoms with Crippen molar-refractivity contribution < 1.29 is 0 Å². The third kappa shape index (κ3) is 6.47. The number of thiophene rings is 1. The van der Waals surface area contributed by atoms with E-state index in [-0.39, 0.29) is 0 Å². The van der Waals surface area contributed by atoms with Gasteiger partial charge in [-0.2, -0.15) is 0 Å². The van der Waals surface area contributed by atoms with E-state index in [9.17, 15) is 0 Å². The number of allylic oxidation sites excluding steroid dienone is 4. The number of aromatic nitrogens is 3. The Morgan fingerprint density at radius 1 is 0.418 bits per heavy atom. The summed E-state index contributed by atoms with van der Waals surface area (Å²) in [5.74, 6) is 2.37. The van der Waals surface area contributed by atoms with Gasteiger partial charge in [-0.15, -0.1) is 11.3 Å². The second kappa shape index (κ2) is 14.2. The first-order valence-electron chi connectivity index (χ1n) is 18.7. The van der Waals surface area contributed by atoms with E-state index in [2.05, 4.69) is 176 Å². The normalized spacial score (nSPS) is 13.8. The molecule has 4 heteroatoms. The summed E-state index contributed by atoms with van der Waals surface area (Å²) in [6.07, 6.45) is 9.87. The molecule has 2 heterocycles. The van der Waals surface area contributed by atoms with Crippen LogP contribution in [0.2, 0.25) is 0 Å². The van der Waals surface area contributed by atoms with E-state index in [1.807, 2.05) is 29.5 Å². The molecule has 1 aliphatic carbocycles. The van der Waals surface area contributed by atoms with Crippen LogP contribution in [0.1, 0.15) is 17.9 Å². The predicted molar refractivity (Wildman–Crippen MR) is 231 cm³/mol. The maximum Gasteiger partial charge on any atom is 0.164 e. The Labute approximate surface area is 324 Å². The fraction of sp³-hybridized carbons (Fsp3) is 0.0392. The molecule has 1 atom stereocenters. The lowest BCUT2D eigenvalue weighted by molar-refractivity contribution is 0.854. The summed E-state index contributed by atoms with van der Waals surface area (Å²) in [5, 5.41) is 2.38. The Morgan fingerprint density at radius 2 is 0.982 bits per heavy atom. The summed E-state index contributed by atoms with van der Waals surface area (Å²) in [6.45, 7) is 0. The average molecular weight is 722 g/mol. The Bertz CT molecular complexity index is 2890. The summed E-state index contributed by atoms with van der Waals surface area (Å²) in [7, 11) is 0. The van der Waals surface area contributed by atoms with Gasteiger partial charge in [0.1, 0.15) is 0 Å². The van der Waals surface area contributed by atoms with Crippen molar-refractivity contribution in [2.75, 3.05) is 0 Å². The van der Waals surface area contributed by atoms with Gasteiger partial charge < -0.3 is 0 Å². The van der Waals surface area contributed by atoms with Gasteiger partial charge in [-0.1, -0.05) is 170 Å². The molecule has 9 aromatic rings. The van der Waals surface area contributed by atoms with E-state index in [0.29, 0.717) is 23.4 Å². The van der Waals surface area contributed by atoms with Crippen molar-refractivity contribution in [2.24, 2.45) is 0 Å². The first-order valence-corrected chi connectivity index (χ1v) is 19.5. The van der Waals surface area contributed by atoms with E-state index in [1.54, 1.807) is 0 Å². The standard InChI is InChI=1S/C51H35N3S/c1-4-13-34(14-5-1)39-19-10-21-41(31-39)36-25-27-38(28-26-36)50-52-49(37-17-8-3-9-18-37)53-51(54-50)44-23-12-24-47-48(44)45-33-43(29-30-46(45)55-47)42-22-11-20-40(32-42)35-15-6-2-7-16-35/h1-15,17-33,35H,16H2. The molecule has 1 unspecified atom stereocenters. The SMILES string of the molecule is C1=CCC(c2cccc(-c3ccc4sc5cccc(-c6nc(-c7ccccc7)nc(-c7ccc(-c8cccc(-c9ccccc9)c8)cc7)n6)c5c4c3)c2)C=C1. The summed E-state index contributed by atoms with van der Waals surface area (Å²) in [4.78, 5) is 15.4. The highest BCUT2D eigenvalue weighted by molar-refractivity contribution is 7.26. The Balaban J connectivity index is 1.07. The van der Waals surface area contributed by atoms with Gasteiger partial charge in [0.2, 0.25) is 0 Å². The minimum atomic E-state index is 0.404. The first-order chi connectivity index (χ1) is 27.2. The minimum Gasteiger partial charge on any atom is -0.208 e. The molecule has 0 radical (unpaired) electrons. The van der Waals surface area contributed by atoms with Gasteiger partial charge >= 0.3 is 0 Å². The molecular formula is C51H35N3S. The maximum atomic E-state index is 5.21. The molecule has 0 amide bonds. The van der Waals surface area contributed by atoms with Crippen molar-refractivity contribution in [1.82, 2.24) is 15.0 Å². The van der Waals surface area contributed by atoms with Crippen molar-refractivity contribution in [3.05, 3.63) is 200 Å². The Morgan fingerprint density at radius 3 is 1.71 bits per heavy atom. The van der Waals surface area contributed by atoms with Crippen molar-refractivity contribution >= 4 is 31.5 Å². The fourth-order valence-corrected chi connectivity index (χ4v) is 8.74. The number of hydrogen-bond donors (Lipinski definition) is 0. The summed E-state index contributed by atoms with van der Waals surface area (Å²) < 4.78 is 2.45. The van der Waals surface area contributed by atoms with Crippen LogP contribution in [-0.2, 0) is 0 Å². The van der Waals surface area contributed by atoms with Gasteiger partial charge in [-0.05, 0) is 69.6 Å². The molecule has 0 N–H and O–H groups in total. The zero-order valence-corrected chi connectivity index (χ0v) is 30.8. The molecule has 0 saturated heterocycles. The van der Waals surface area contributed by atoms with Gasteiger partial charge in [0.15, 0.2) is 17.5 Å². The van der Waals surface area contributed by atoms with E-state index in [1.165, 1.54) is 53.6 Å². The van der Waals surface area contributed by atoms with E-state index in [4.69, 9.17) is 15.0 Å². The second-order valence-corrected chi connectivity index (χ2v) is 15.1. The largest absolute Gasteiger partial charge is 0.208 e. The number of rotatable bonds is 7. The predicted octanol–water partition coefficient (Wildman–Crippen LogP) is 13.8.